The van der Waals surface area contributed by atoms with Gasteiger partial charge in [0.05, 0.1) is 12.0 Å². The third-order valence-electron chi connectivity index (χ3n) is 3.91. The topological polar surface area (TPSA) is 35.8 Å². The largest absolute Gasteiger partial charge is 0.310 e. The Kier molecular flexibility index (Phi) is 5.11. The minimum atomic E-state index is 0.252. The molecule has 0 aliphatic heterocycles. The van der Waals surface area contributed by atoms with E-state index < -0.39 is 0 Å². The van der Waals surface area contributed by atoms with Crippen LogP contribution in [0, 0.1) is 23.2 Å². The van der Waals surface area contributed by atoms with Crippen LogP contribution in [0.15, 0.2) is 0 Å². The predicted molar refractivity (Wildman–Crippen MR) is 63.4 cm³/mol. The summed E-state index contributed by atoms with van der Waals surface area (Å²) in [5, 5.41) is 12.7. The van der Waals surface area contributed by atoms with E-state index in [1.54, 1.807) is 0 Å². The number of hydrogen-bond donors (Lipinski definition) is 1. The Morgan fingerprint density at radius 2 is 2.00 bits per heavy atom. The molecule has 0 radical (unpaired) electrons. The SMILES string of the molecule is CCC(CC)C(C)NC1CCCC1C#N. The molecule has 1 aliphatic rings. The predicted octanol–water partition coefficient (Wildman–Crippen LogP) is 3.09. The number of nitrogens with one attached hydrogen (secondary N) is 1. The normalized spacial score (nSPS) is 27.9. The highest BCUT2D eigenvalue weighted by atomic mass is 15.0. The van der Waals surface area contributed by atoms with Gasteiger partial charge in [-0.1, -0.05) is 33.1 Å². The average molecular weight is 208 g/mol. The monoisotopic (exact) mass is 208 g/mol. The number of rotatable bonds is 5. The van der Waals surface area contributed by atoms with Gasteiger partial charge in [0, 0.05) is 12.1 Å². The maximum absolute atomic E-state index is 9.01. The summed E-state index contributed by atoms with van der Waals surface area (Å²) in [7, 11) is 0. The van der Waals surface area contributed by atoms with E-state index in [4.69, 9.17) is 5.26 Å². The maximum Gasteiger partial charge on any atom is 0.0672 e. The van der Waals surface area contributed by atoms with Crippen molar-refractivity contribution in [1.29, 1.82) is 5.26 Å². The summed E-state index contributed by atoms with van der Waals surface area (Å²) in [6.45, 7) is 6.77. The molecule has 1 rings (SSSR count). The average Bonchev–Trinajstić information content (AvgIpc) is 2.67. The molecule has 0 aromatic rings. The second kappa shape index (κ2) is 6.12. The van der Waals surface area contributed by atoms with Crippen LogP contribution in [0.2, 0.25) is 0 Å². The van der Waals surface area contributed by atoms with Gasteiger partial charge < -0.3 is 5.32 Å². The summed E-state index contributed by atoms with van der Waals surface area (Å²) in [6, 6.07) is 3.44. The Labute approximate surface area is 94.1 Å². The van der Waals surface area contributed by atoms with Gasteiger partial charge in [-0.05, 0) is 25.7 Å². The van der Waals surface area contributed by atoms with E-state index in [-0.39, 0.29) is 5.92 Å². The molecule has 2 nitrogen and oxygen atoms in total. The molecule has 0 heterocycles. The van der Waals surface area contributed by atoms with Crippen molar-refractivity contribution in [3.63, 3.8) is 0 Å². The lowest BCUT2D eigenvalue weighted by molar-refractivity contribution is 0.307. The van der Waals surface area contributed by atoms with Crippen molar-refractivity contribution in [3.8, 4) is 6.07 Å². The molecule has 3 atom stereocenters. The molecule has 0 aromatic carbocycles. The van der Waals surface area contributed by atoms with E-state index in [0.717, 1.165) is 12.3 Å². The molecule has 0 bridgehead atoms. The standard InChI is InChI=1S/C13H24N2/c1-4-11(5-2)10(3)15-13-8-6-7-12(13)9-14/h10-13,15H,4-8H2,1-3H3. The molecule has 0 aromatic heterocycles. The van der Waals surface area contributed by atoms with Gasteiger partial charge >= 0.3 is 0 Å². The van der Waals surface area contributed by atoms with Crippen LogP contribution in [0.25, 0.3) is 0 Å². The fourth-order valence-corrected chi connectivity index (χ4v) is 2.78. The number of nitriles is 1. The van der Waals surface area contributed by atoms with Crippen LogP contribution < -0.4 is 5.32 Å². The highest BCUT2D eigenvalue weighted by molar-refractivity contribution is 4.97. The van der Waals surface area contributed by atoms with Gasteiger partial charge in [0.15, 0.2) is 0 Å². The lowest BCUT2D eigenvalue weighted by Crippen LogP contribution is -2.42. The first-order valence-corrected chi connectivity index (χ1v) is 6.38. The summed E-state index contributed by atoms with van der Waals surface area (Å²) >= 11 is 0. The highest BCUT2D eigenvalue weighted by Crippen LogP contribution is 2.26. The van der Waals surface area contributed by atoms with Crippen LogP contribution >= 0.6 is 0 Å². The molecule has 1 saturated carbocycles. The zero-order valence-electron chi connectivity index (χ0n) is 10.3. The molecular formula is C13H24N2. The van der Waals surface area contributed by atoms with Gasteiger partial charge in [-0.2, -0.15) is 5.26 Å². The van der Waals surface area contributed by atoms with Crippen LogP contribution in [-0.4, -0.2) is 12.1 Å². The van der Waals surface area contributed by atoms with Crippen molar-refractivity contribution in [2.75, 3.05) is 0 Å². The van der Waals surface area contributed by atoms with Crippen molar-refractivity contribution in [2.24, 2.45) is 11.8 Å². The summed E-state index contributed by atoms with van der Waals surface area (Å²) in [5.41, 5.74) is 0. The molecular weight excluding hydrogens is 184 g/mol. The summed E-state index contributed by atoms with van der Waals surface area (Å²) < 4.78 is 0. The van der Waals surface area contributed by atoms with E-state index in [2.05, 4.69) is 32.2 Å². The minimum Gasteiger partial charge on any atom is -0.310 e. The molecule has 15 heavy (non-hydrogen) atoms. The Morgan fingerprint density at radius 1 is 1.33 bits per heavy atom. The van der Waals surface area contributed by atoms with E-state index in [9.17, 15) is 0 Å². The molecule has 0 amide bonds. The third kappa shape index (κ3) is 3.21. The van der Waals surface area contributed by atoms with Crippen LogP contribution in [0.4, 0.5) is 0 Å². The van der Waals surface area contributed by atoms with Gasteiger partial charge in [-0.25, -0.2) is 0 Å². The van der Waals surface area contributed by atoms with E-state index in [0.29, 0.717) is 12.1 Å². The van der Waals surface area contributed by atoms with Crippen molar-refractivity contribution in [1.82, 2.24) is 5.32 Å². The van der Waals surface area contributed by atoms with Crippen molar-refractivity contribution in [3.05, 3.63) is 0 Å². The van der Waals surface area contributed by atoms with Gasteiger partial charge in [-0.3, -0.25) is 0 Å². The Balaban J connectivity index is 2.43. The summed E-state index contributed by atoms with van der Waals surface area (Å²) in [5.74, 6) is 1.01. The second-order valence-electron chi connectivity index (χ2n) is 4.80. The molecule has 1 fully saturated rings. The summed E-state index contributed by atoms with van der Waals surface area (Å²) in [6.07, 6.45) is 5.95. The molecule has 1 N–H and O–H groups in total. The van der Waals surface area contributed by atoms with Gasteiger partial charge in [-0.15, -0.1) is 0 Å². The molecule has 0 spiro atoms. The zero-order chi connectivity index (χ0) is 11.3. The second-order valence-corrected chi connectivity index (χ2v) is 4.80. The number of nitrogens with zero attached hydrogens (tertiary/aromatic N) is 1. The van der Waals surface area contributed by atoms with Crippen molar-refractivity contribution >= 4 is 0 Å². The fourth-order valence-electron chi connectivity index (χ4n) is 2.78. The van der Waals surface area contributed by atoms with E-state index in [1.165, 1.54) is 25.7 Å². The fraction of sp³-hybridized carbons (Fsp3) is 0.923. The molecule has 3 unspecified atom stereocenters. The van der Waals surface area contributed by atoms with Crippen molar-refractivity contribution in [2.45, 2.75) is 65.0 Å². The quantitative estimate of drug-likeness (QED) is 0.753. The first-order chi connectivity index (χ1) is 7.22. The van der Waals surface area contributed by atoms with E-state index >= 15 is 0 Å². The van der Waals surface area contributed by atoms with Gasteiger partial charge in [0.2, 0.25) is 0 Å². The van der Waals surface area contributed by atoms with Crippen LogP contribution in [-0.2, 0) is 0 Å². The van der Waals surface area contributed by atoms with Crippen LogP contribution in [0.3, 0.4) is 0 Å². The van der Waals surface area contributed by atoms with E-state index in [1.807, 2.05) is 0 Å². The number of hydrogen-bond acceptors (Lipinski definition) is 2. The molecule has 2 heteroatoms. The smallest absolute Gasteiger partial charge is 0.0672 e. The van der Waals surface area contributed by atoms with Gasteiger partial charge in [0.25, 0.3) is 0 Å². The first kappa shape index (κ1) is 12.5. The van der Waals surface area contributed by atoms with Gasteiger partial charge in [0.1, 0.15) is 0 Å². The highest BCUT2D eigenvalue weighted by Gasteiger charge is 2.29. The Hall–Kier alpha value is -0.550. The Bertz CT molecular complexity index is 215. The zero-order valence-corrected chi connectivity index (χ0v) is 10.3. The van der Waals surface area contributed by atoms with Crippen LogP contribution in [0.1, 0.15) is 52.9 Å². The molecule has 0 saturated heterocycles. The molecule has 86 valence electrons. The molecule has 1 aliphatic carbocycles. The first-order valence-electron chi connectivity index (χ1n) is 6.38. The van der Waals surface area contributed by atoms with Crippen molar-refractivity contribution < 1.29 is 0 Å². The minimum absolute atomic E-state index is 0.252. The lowest BCUT2D eigenvalue weighted by atomic mass is 9.93. The Morgan fingerprint density at radius 3 is 2.53 bits per heavy atom. The maximum atomic E-state index is 9.01. The van der Waals surface area contributed by atoms with Crippen LogP contribution in [0.5, 0.6) is 0 Å². The lowest BCUT2D eigenvalue weighted by Gasteiger charge is -2.27. The third-order valence-corrected chi connectivity index (χ3v) is 3.91. The summed E-state index contributed by atoms with van der Waals surface area (Å²) in [4.78, 5) is 0.